The van der Waals surface area contributed by atoms with E-state index in [1.54, 1.807) is 23.9 Å². The summed E-state index contributed by atoms with van der Waals surface area (Å²) in [7, 11) is -1.76. The Bertz CT molecular complexity index is 1050. The molecule has 3 aliphatic rings. The van der Waals surface area contributed by atoms with Gasteiger partial charge in [0, 0.05) is 32.4 Å². The Hall–Kier alpha value is -2.12. The van der Waals surface area contributed by atoms with Crippen LogP contribution in [0.5, 0.6) is 0 Å². The van der Waals surface area contributed by atoms with Gasteiger partial charge in [-0.05, 0) is 55.7 Å². The molecule has 2 aromatic rings. The van der Waals surface area contributed by atoms with Gasteiger partial charge >= 0.3 is 0 Å². The number of hydrogen-bond acceptors (Lipinski definition) is 3. The summed E-state index contributed by atoms with van der Waals surface area (Å²) >= 11 is 0. The van der Waals surface area contributed by atoms with Crippen LogP contribution in [0.4, 0.5) is 0 Å². The molecule has 1 aromatic heterocycles. The van der Waals surface area contributed by atoms with Crippen LogP contribution in [-0.4, -0.2) is 47.2 Å². The first-order valence-electron chi connectivity index (χ1n) is 10.5. The number of aromatic nitrogens is 1. The molecular weight excluding hydrogens is 386 g/mol. The second-order valence-electron chi connectivity index (χ2n) is 8.48. The smallest absolute Gasteiger partial charge is 0.271 e. The van der Waals surface area contributed by atoms with E-state index in [-0.39, 0.29) is 22.9 Å². The standard InChI is InChI=1S/C22H27N3O3S/c1-23-15-18(29(27,28)24-12-4-5-13-24)14-21(23)22(26)25(17-9-10-17)20-11-8-16-6-2-3-7-19(16)20/h2-3,6-7,14-15,17,20H,4-5,8-13H2,1H3. The first kappa shape index (κ1) is 18.9. The summed E-state index contributed by atoms with van der Waals surface area (Å²) in [4.78, 5) is 15.9. The van der Waals surface area contributed by atoms with Crippen LogP contribution in [0.1, 0.15) is 59.8 Å². The van der Waals surface area contributed by atoms with E-state index in [0.717, 1.165) is 38.5 Å². The minimum atomic E-state index is -3.53. The molecule has 2 aliphatic carbocycles. The van der Waals surface area contributed by atoms with Gasteiger partial charge in [0.25, 0.3) is 5.91 Å². The van der Waals surface area contributed by atoms with Crippen LogP contribution >= 0.6 is 0 Å². The van der Waals surface area contributed by atoms with E-state index in [1.165, 1.54) is 15.4 Å². The molecule has 1 atom stereocenters. The van der Waals surface area contributed by atoms with E-state index >= 15 is 0 Å². The Morgan fingerprint density at radius 1 is 1.10 bits per heavy atom. The lowest BCUT2D eigenvalue weighted by Crippen LogP contribution is -2.37. The van der Waals surface area contributed by atoms with E-state index in [2.05, 4.69) is 18.2 Å². The van der Waals surface area contributed by atoms with Crippen LogP contribution in [0.25, 0.3) is 0 Å². The van der Waals surface area contributed by atoms with Crippen molar-refractivity contribution in [3.05, 3.63) is 53.3 Å². The molecule has 6 nitrogen and oxygen atoms in total. The third-order valence-corrected chi connectivity index (χ3v) is 8.38. The van der Waals surface area contributed by atoms with E-state index in [4.69, 9.17) is 0 Å². The summed E-state index contributed by atoms with van der Waals surface area (Å²) in [6.45, 7) is 1.13. The summed E-state index contributed by atoms with van der Waals surface area (Å²) in [5.41, 5.74) is 3.02. The van der Waals surface area contributed by atoms with E-state index in [0.29, 0.717) is 18.8 Å². The zero-order valence-corrected chi connectivity index (χ0v) is 17.6. The maximum Gasteiger partial charge on any atom is 0.271 e. The summed E-state index contributed by atoms with van der Waals surface area (Å²) in [5.74, 6) is -0.0559. The van der Waals surface area contributed by atoms with E-state index in [9.17, 15) is 13.2 Å². The van der Waals surface area contributed by atoms with Crippen molar-refractivity contribution in [1.82, 2.24) is 13.8 Å². The molecule has 29 heavy (non-hydrogen) atoms. The molecule has 1 unspecified atom stereocenters. The number of benzene rings is 1. The van der Waals surface area contributed by atoms with Crippen molar-refractivity contribution in [2.75, 3.05) is 13.1 Å². The van der Waals surface area contributed by atoms with Crippen LogP contribution in [0.3, 0.4) is 0 Å². The maximum atomic E-state index is 13.6. The molecule has 1 aliphatic heterocycles. The summed E-state index contributed by atoms with van der Waals surface area (Å²) in [6.07, 6.45) is 7.35. The summed E-state index contributed by atoms with van der Waals surface area (Å²) in [6, 6.07) is 10.3. The van der Waals surface area contributed by atoms with Gasteiger partial charge in [0.05, 0.1) is 6.04 Å². The third kappa shape index (κ3) is 3.20. The van der Waals surface area contributed by atoms with Crippen molar-refractivity contribution in [3.8, 4) is 0 Å². The molecule has 1 aromatic carbocycles. The predicted octanol–water partition coefficient (Wildman–Crippen LogP) is 3.10. The average Bonchev–Trinajstić information content (AvgIpc) is 3.12. The molecule has 0 radical (unpaired) electrons. The van der Waals surface area contributed by atoms with Crippen molar-refractivity contribution in [3.63, 3.8) is 0 Å². The number of amides is 1. The van der Waals surface area contributed by atoms with Gasteiger partial charge in [-0.2, -0.15) is 4.31 Å². The lowest BCUT2D eigenvalue weighted by Gasteiger charge is -2.30. The molecule has 2 heterocycles. The molecule has 1 saturated heterocycles. The topological polar surface area (TPSA) is 62.6 Å². The van der Waals surface area contributed by atoms with Crippen molar-refractivity contribution in [1.29, 1.82) is 0 Å². The van der Waals surface area contributed by atoms with Crippen LogP contribution in [-0.2, 0) is 23.5 Å². The highest BCUT2D eigenvalue weighted by molar-refractivity contribution is 7.89. The first-order valence-corrected chi connectivity index (χ1v) is 12.0. The summed E-state index contributed by atoms with van der Waals surface area (Å²) in [5, 5.41) is 0. The van der Waals surface area contributed by atoms with Crippen LogP contribution in [0, 0.1) is 0 Å². The number of hydrogen-bond donors (Lipinski definition) is 0. The van der Waals surface area contributed by atoms with Crippen LogP contribution in [0.2, 0.25) is 0 Å². The first-order chi connectivity index (χ1) is 14.0. The maximum absolute atomic E-state index is 13.6. The minimum Gasteiger partial charge on any atom is -0.345 e. The lowest BCUT2D eigenvalue weighted by atomic mass is 10.1. The van der Waals surface area contributed by atoms with E-state index < -0.39 is 10.0 Å². The van der Waals surface area contributed by atoms with Crippen LogP contribution in [0.15, 0.2) is 41.4 Å². The number of nitrogens with zero attached hydrogens (tertiary/aromatic N) is 3. The Labute approximate surface area is 172 Å². The number of fused-ring (bicyclic) bond motifs is 1. The highest BCUT2D eigenvalue weighted by atomic mass is 32.2. The Kier molecular flexibility index (Phi) is 4.55. The largest absolute Gasteiger partial charge is 0.345 e. The average molecular weight is 414 g/mol. The fourth-order valence-electron chi connectivity index (χ4n) is 4.84. The number of carbonyl (C=O) groups is 1. The van der Waals surface area contributed by atoms with Crippen molar-refractivity contribution < 1.29 is 13.2 Å². The van der Waals surface area contributed by atoms with Crippen LogP contribution < -0.4 is 0 Å². The summed E-state index contributed by atoms with van der Waals surface area (Å²) < 4.78 is 29.1. The highest BCUT2D eigenvalue weighted by Crippen LogP contribution is 2.42. The zero-order chi connectivity index (χ0) is 20.2. The molecule has 0 spiro atoms. The van der Waals surface area contributed by atoms with Gasteiger partial charge < -0.3 is 9.47 Å². The normalized spacial score (nSPS) is 22.0. The third-order valence-electron chi connectivity index (χ3n) is 6.51. The fourth-order valence-corrected chi connectivity index (χ4v) is 6.42. The number of carbonyl (C=O) groups excluding carboxylic acids is 1. The van der Waals surface area contributed by atoms with Gasteiger partial charge in [-0.1, -0.05) is 24.3 Å². The molecule has 154 valence electrons. The SMILES string of the molecule is Cn1cc(S(=O)(=O)N2CCCC2)cc1C(=O)N(C1CC1)C1CCc2ccccc21. The zero-order valence-electron chi connectivity index (χ0n) is 16.8. The second kappa shape index (κ2) is 6.99. The van der Waals surface area contributed by atoms with Gasteiger partial charge in [-0.15, -0.1) is 0 Å². The van der Waals surface area contributed by atoms with E-state index in [1.807, 2.05) is 11.0 Å². The van der Waals surface area contributed by atoms with Gasteiger partial charge in [0.15, 0.2) is 0 Å². The van der Waals surface area contributed by atoms with Crippen molar-refractivity contribution in [2.45, 2.75) is 55.5 Å². The van der Waals surface area contributed by atoms with Gasteiger partial charge in [0.1, 0.15) is 10.6 Å². The predicted molar refractivity (Wildman–Crippen MR) is 110 cm³/mol. The Balaban J connectivity index is 1.47. The second-order valence-corrected chi connectivity index (χ2v) is 10.4. The molecular formula is C22H27N3O3S. The van der Waals surface area contributed by atoms with Gasteiger partial charge in [-0.3, -0.25) is 4.79 Å². The molecule has 1 amide bonds. The molecule has 5 rings (SSSR count). The lowest BCUT2D eigenvalue weighted by molar-refractivity contribution is 0.0648. The number of aryl methyl sites for hydroxylation is 2. The van der Waals surface area contributed by atoms with Crippen molar-refractivity contribution >= 4 is 15.9 Å². The molecule has 2 fully saturated rings. The van der Waals surface area contributed by atoms with Gasteiger partial charge in [0.2, 0.25) is 10.0 Å². The number of sulfonamides is 1. The highest BCUT2D eigenvalue weighted by Gasteiger charge is 2.41. The molecule has 0 N–H and O–H groups in total. The minimum absolute atomic E-state index is 0.0559. The molecule has 1 saturated carbocycles. The number of rotatable bonds is 5. The van der Waals surface area contributed by atoms with Crippen molar-refractivity contribution in [2.24, 2.45) is 7.05 Å². The quantitative estimate of drug-likeness (QED) is 0.757. The van der Waals surface area contributed by atoms with Gasteiger partial charge in [-0.25, -0.2) is 8.42 Å². The Morgan fingerprint density at radius 2 is 1.83 bits per heavy atom. The molecule has 7 heteroatoms. The molecule has 0 bridgehead atoms. The fraction of sp³-hybridized carbons (Fsp3) is 0.500. The Morgan fingerprint density at radius 3 is 2.55 bits per heavy atom. The monoisotopic (exact) mass is 413 g/mol.